The number of carbonyl (C=O) groups excluding carboxylic acids is 3. The molecule has 1 aromatic carbocycles. The maximum absolute atomic E-state index is 11.6. The number of rotatable bonds is 3. The van der Waals surface area contributed by atoms with Gasteiger partial charge in [-0.3, -0.25) is 14.5 Å². The third-order valence-electron chi connectivity index (χ3n) is 2.91. The van der Waals surface area contributed by atoms with Gasteiger partial charge in [-0.05, 0) is 5.56 Å². The highest BCUT2D eigenvalue weighted by Crippen LogP contribution is 2.24. The van der Waals surface area contributed by atoms with Crippen molar-refractivity contribution in [2.75, 3.05) is 0 Å². The number of alkyl carbamates (subject to hydrolysis) is 1. The Kier molecular flexibility index (Phi) is 4.62. The lowest BCUT2D eigenvalue weighted by Crippen LogP contribution is -2.71. The van der Waals surface area contributed by atoms with E-state index in [2.05, 4.69) is 5.32 Å². The van der Waals surface area contributed by atoms with E-state index in [1.807, 2.05) is 6.07 Å². The van der Waals surface area contributed by atoms with Crippen LogP contribution in [0.4, 0.5) is 4.79 Å². The van der Waals surface area contributed by atoms with E-state index in [1.54, 1.807) is 24.3 Å². The van der Waals surface area contributed by atoms with Gasteiger partial charge in [-0.25, -0.2) is 9.59 Å². The Labute approximate surface area is 129 Å². The molecule has 2 rings (SSSR count). The Morgan fingerprint density at radius 1 is 1.27 bits per heavy atom. The Bertz CT molecular complexity index is 620. The molecule has 2 atom stereocenters. The highest BCUT2D eigenvalue weighted by Gasteiger charge is 2.52. The summed E-state index contributed by atoms with van der Waals surface area (Å²) < 4.78 is 4.89. The first-order valence-electron chi connectivity index (χ1n) is 6.13. The summed E-state index contributed by atoms with van der Waals surface area (Å²) in [6.45, 7) is -0.00168. The summed E-state index contributed by atoms with van der Waals surface area (Å²) in [6.07, 6.45) is -0.893. The quantitative estimate of drug-likeness (QED) is 0.357. The number of carbonyl (C=O) groups is 4. The summed E-state index contributed by atoms with van der Waals surface area (Å²) in [7, 11) is 0. The van der Waals surface area contributed by atoms with Crippen molar-refractivity contribution in [1.29, 1.82) is 0 Å². The van der Waals surface area contributed by atoms with Gasteiger partial charge in [0.05, 0.1) is 0 Å². The number of amides is 3. The van der Waals surface area contributed by atoms with E-state index in [4.69, 9.17) is 21.4 Å². The Hall–Kier alpha value is -2.61. The molecule has 0 radical (unpaired) electrons. The van der Waals surface area contributed by atoms with Gasteiger partial charge in [0, 0.05) is 0 Å². The number of ether oxygens (including phenoxy) is 1. The van der Waals surface area contributed by atoms with Gasteiger partial charge in [0.2, 0.25) is 0 Å². The van der Waals surface area contributed by atoms with Crippen LogP contribution in [0.15, 0.2) is 30.3 Å². The Balaban J connectivity index is 1.84. The fourth-order valence-corrected chi connectivity index (χ4v) is 2.15. The summed E-state index contributed by atoms with van der Waals surface area (Å²) in [4.78, 5) is 45.2. The third-order valence-corrected chi connectivity index (χ3v) is 3.36. The van der Waals surface area contributed by atoms with Gasteiger partial charge >= 0.3 is 18.0 Å². The van der Waals surface area contributed by atoms with Crippen LogP contribution in [-0.4, -0.2) is 45.4 Å². The first kappa shape index (κ1) is 15.8. The van der Waals surface area contributed by atoms with Gasteiger partial charge in [0.25, 0.3) is 5.91 Å². The molecule has 1 aromatic rings. The maximum atomic E-state index is 11.6. The van der Waals surface area contributed by atoms with Crippen molar-refractivity contribution in [2.45, 2.75) is 18.1 Å². The molecule has 1 saturated heterocycles. The van der Waals surface area contributed by atoms with Crippen LogP contribution in [-0.2, 0) is 25.7 Å². The molecule has 0 saturated carbocycles. The van der Waals surface area contributed by atoms with Crippen LogP contribution in [0.5, 0.6) is 0 Å². The van der Waals surface area contributed by atoms with E-state index in [0.717, 1.165) is 5.56 Å². The van der Waals surface area contributed by atoms with Crippen LogP contribution >= 0.6 is 11.6 Å². The molecule has 9 heteroatoms. The third kappa shape index (κ3) is 3.17. The summed E-state index contributed by atoms with van der Waals surface area (Å²) in [6, 6.07) is 7.65. The SMILES string of the molecule is O=C(N[C@@H]1C(=O)N(C(=O)C(=O)O)[C@@H]1Cl)OCc1ccccc1. The molecular weight excluding hydrogens is 316 g/mol. The number of nitrogens with zero attached hydrogens (tertiary/aromatic N) is 1. The molecule has 1 aliphatic rings. The molecular formula is C13H11ClN2O6. The largest absolute Gasteiger partial charge is 0.474 e. The van der Waals surface area contributed by atoms with E-state index < -0.39 is 35.4 Å². The molecule has 8 nitrogen and oxygen atoms in total. The van der Waals surface area contributed by atoms with E-state index in [1.165, 1.54) is 0 Å². The topological polar surface area (TPSA) is 113 Å². The molecule has 0 aliphatic carbocycles. The Morgan fingerprint density at radius 2 is 1.91 bits per heavy atom. The maximum Gasteiger partial charge on any atom is 0.408 e. The second-order valence-electron chi connectivity index (χ2n) is 4.37. The molecule has 1 aliphatic heterocycles. The van der Waals surface area contributed by atoms with Crippen molar-refractivity contribution in [3.05, 3.63) is 35.9 Å². The minimum absolute atomic E-state index is 0.00168. The number of carboxylic acid groups (broad SMARTS) is 1. The van der Waals surface area contributed by atoms with Crippen LogP contribution in [0.1, 0.15) is 5.56 Å². The highest BCUT2D eigenvalue weighted by molar-refractivity contribution is 6.40. The Morgan fingerprint density at radius 3 is 2.45 bits per heavy atom. The van der Waals surface area contributed by atoms with Gasteiger partial charge in [0.1, 0.15) is 18.1 Å². The molecule has 3 amide bonds. The van der Waals surface area contributed by atoms with Crippen LogP contribution in [0.3, 0.4) is 0 Å². The number of likely N-dealkylation sites (tertiary alicyclic amines) is 1. The van der Waals surface area contributed by atoms with Crippen molar-refractivity contribution in [3.63, 3.8) is 0 Å². The minimum atomic E-state index is -1.80. The fourth-order valence-electron chi connectivity index (χ4n) is 1.79. The van der Waals surface area contributed by atoms with Gasteiger partial charge in [-0.15, -0.1) is 0 Å². The molecule has 116 valence electrons. The zero-order chi connectivity index (χ0) is 16.3. The van der Waals surface area contributed by atoms with Gasteiger partial charge in [0.15, 0.2) is 0 Å². The molecule has 0 aromatic heterocycles. The highest BCUT2D eigenvalue weighted by atomic mass is 35.5. The van der Waals surface area contributed by atoms with E-state index in [9.17, 15) is 19.2 Å². The number of benzene rings is 1. The number of carboxylic acids is 1. The predicted octanol–water partition coefficient (Wildman–Crippen LogP) is 0.300. The number of aliphatic carboxylic acids is 1. The van der Waals surface area contributed by atoms with Crippen molar-refractivity contribution >= 4 is 35.5 Å². The minimum Gasteiger partial charge on any atom is -0.474 e. The van der Waals surface area contributed by atoms with Crippen LogP contribution in [0, 0.1) is 0 Å². The monoisotopic (exact) mass is 326 g/mol. The van der Waals surface area contributed by atoms with E-state index in [-0.39, 0.29) is 6.61 Å². The smallest absolute Gasteiger partial charge is 0.408 e. The molecule has 1 fully saturated rings. The summed E-state index contributed by atoms with van der Waals surface area (Å²) in [5.41, 5.74) is -0.511. The molecule has 2 N–H and O–H groups in total. The van der Waals surface area contributed by atoms with E-state index >= 15 is 0 Å². The van der Waals surface area contributed by atoms with Crippen molar-refractivity contribution in [3.8, 4) is 0 Å². The molecule has 22 heavy (non-hydrogen) atoms. The number of imide groups is 1. The second-order valence-corrected chi connectivity index (χ2v) is 4.82. The lowest BCUT2D eigenvalue weighted by molar-refractivity contribution is -0.167. The lowest BCUT2D eigenvalue weighted by Gasteiger charge is -2.40. The standard InChI is InChI=1S/C13H11ClN2O6/c14-9-8(10(17)16(9)11(18)12(19)20)15-13(21)22-6-7-4-2-1-3-5-7/h1-5,8-9H,6H2,(H,15,21)(H,19,20)/t8-,9-/m0/s1. The average Bonchev–Trinajstić information content (AvgIpc) is 2.51. The van der Waals surface area contributed by atoms with Crippen molar-refractivity contribution < 1.29 is 29.0 Å². The van der Waals surface area contributed by atoms with Crippen LogP contribution in [0.2, 0.25) is 0 Å². The molecule has 0 unspecified atom stereocenters. The zero-order valence-corrected chi connectivity index (χ0v) is 11.8. The first-order chi connectivity index (χ1) is 10.4. The summed E-state index contributed by atoms with van der Waals surface area (Å²) >= 11 is 5.73. The second kappa shape index (κ2) is 6.44. The number of alkyl halides is 1. The number of hydrogen-bond donors (Lipinski definition) is 2. The number of halogens is 1. The van der Waals surface area contributed by atoms with Crippen molar-refractivity contribution in [1.82, 2.24) is 10.2 Å². The van der Waals surface area contributed by atoms with Crippen LogP contribution in [0.25, 0.3) is 0 Å². The fraction of sp³-hybridized carbons (Fsp3) is 0.231. The van der Waals surface area contributed by atoms with Crippen molar-refractivity contribution in [2.24, 2.45) is 0 Å². The predicted molar refractivity (Wildman–Crippen MR) is 72.7 cm³/mol. The van der Waals surface area contributed by atoms with E-state index in [0.29, 0.717) is 4.90 Å². The summed E-state index contributed by atoms with van der Waals surface area (Å²) in [5, 5.41) is 10.7. The number of β-lactam (4-membered cyclic amide) rings is 1. The average molecular weight is 327 g/mol. The van der Waals surface area contributed by atoms with Gasteiger partial charge < -0.3 is 15.2 Å². The first-order valence-corrected chi connectivity index (χ1v) is 6.57. The van der Waals surface area contributed by atoms with Gasteiger partial charge in [-0.1, -0.05) is 41.9 Å². The number of hydrogen-bond acceptors (Lipinski definition) is 5. The molecule has 0 bridgehead atoms. The zero-order valence-electron chi connectivity index (χ0n) is 11.1. The molecule has 0 spiro atoms. The summed E-state index contributed by atoms with van der Waals surface area (Å²) in [5.74, 6) is -4.14. The van der Waals surface area contributed by atoms with Crippen LogP contribution < -0.4 is 5.32 Å². The normalized spacial score (nSPS) is 20.0. The van der Waals surface area contributed by atoms with Gasteiger partial charge in [-0.2, -0.15) is 0 Å². The number of nitrogens with one attached hydrogen (secondary N) is 1. The molecule has 1 heterocycles. The lowest BCUT2D eigenvalue weighted by atomic mass is 10.1.